The zero-order valence-corrected chi connectivity index (χ0v) is 27.4. The molecule has 0 fully saturated rings. The van der Waals surface area contributed by atoms with Gasteiger partial charge in [0.15, 0.2) is 0 Å². The topological polar surface area (TPSA) is 9.86 Å². The largest absolute Gasteiger partial charge is 0.309 e. The second-order valence-electron chi connectivity index (χ2n) is 13.0. The van der Waals surface area contributed by atoms with E-state index in [1.54, 1.807) is 0 Å². The Bertz CT molecular complexity index is 2840. The summed E-state index contributed by atoms with van der Waals surface area (Å²) in [5.74, 6) is 0. The Morgan fingerprint density at radius 3 is 1.38 bits per heavy atom. The van der Waals surface area contributed by atoms with Crippen molar-refractivity contribution in [1.29, 1.82) is 0 Å². The highest BCUT2D eigenvalue weighted by Crippen LogP contribution is 2.38. The standard InChI is InChI=1S/C48H32N2/c1-3-12-33(13-4-1)34-22-26-40(27-23-34)49-46-21-10-8-19-42(46)44-31-37(25-29-47(44)49)35-14-11-15-36(30-35)38-24-28-43-41-18-7-9-20-45(41)50(48(43)32-38)39-16-5-2-6-17-39/h1-32H. The minimum atomic E-state index is 1.16. The molecule has 0 aliphatic carbocycles. The Balaban J connectivity index is 1.07. The Labute approximate surface area is 290 Å². The molecule has 234 valence electrons. The minimum absolute atomic E-state index is 1.16. The third kappa shape index (κ3) is 4.57. The zero-order chi connectivity index (χ0) is 33.0. The van der Waals surface area contributed by atoms with Gasteiger partial charge in [0.05, 0.1) is 22.1 Å². The molecule has 2 heteroatoms. The third-order valence-corrected chi connectivity index (χ3v) is 10.1. The van der Waals surface area contributed by atoms with Crippen molar-refractivity contribution >= 4 is 43.6 Å². The molecule has 0 saturated carbocycles. The summed E-state index contributed by atoms with van der Waals surface area (Å²) in [6.07, 6.45) is 0. The van der Waals surface area contributed by atoms with Gasteiger partial charge in [0, 0.05) is 32.9 Å². The van der Waals surface area contributed by atoms with E-state index in [2.05, 4.69) is 203 Å². The number of rotatable bonds is 5. The van der Waals surface area contributed by atoms with Gasteiger partial charge in [0.2, 0.25) is 0 Å². The van der Waals surface area contributed by atoms with Gasteiger partial charge in [-0.2, -0.15) is 0 Å². The molecule has 0 bridgehead atoms. The van der Waals surface area contributed by atoms with Crippen LogP contribution in [0, 0.1) is 0 Å². The molecular weight excluding hydrogens is 605 g/mol. The molecule has 2 heterocycles. The molecule has 0 spiro atoms. The fraction of sp³-hybridized carbons (Fsp3) is 0. The zero-order valence-electron chi connectivity index (χ0n) is 27.4. The Hall–Kier alpha value is -6.64. The Kier molecular flexibility index (Phi) is 6.53. The lowest BCUT2D eigenvalue weighted by atomic mass is 9.97. The fourth-order valence-electron chi connectivity index (χ4n) is 7.75. The molecule has 10 rings (SSSR count). The Morgan fingerprint density at radius 2 is 0.660 bits per heavy atom. The number of aromatic nitrogens is 2. The van der Waals surface area contributed by atoms with Gasteiger partial charge in [0.1, 0.15) is 0 Å². The number of para-hydroxylation sites is 3. The molecule has 50 heavy (non-hydrogen) atoms. The molecule has 8 aromatic carbocycles. The van der Waals surface area contributed by atoms with E-state index < -0.39 is 0 Å². The van der Waals surface area contributed by atoms with E-state index in [1.165, 1.54) is 82.7 Å². The maximum absolute atomic E-state index is 2.39. The van der Waals surface area contributed by atoms with Gasteiger partial charge in [0.25, 0.3) is 0 Å². The number of benzene rings is 8. The predicted molar refractivity (Wildman–Crippen MR) is 211 cm³/mol. The average Bonchev–Trinajstić information content (AvgIpc) is 3.71. The average molecular weight is 637 g/mol. The van der Waals surface area contributed by atoms with Crippen LogP contribution in [0.4, 0.5) is 0 Å². The van der Waals surface area contributed by atoms with Crippen molar-refractivity contribution in [3.63, 3.8) is 0 Å². The second-order valence-corrected chi connectivity index (χ2v) is 13.0. The van der Waals surface area contributed by atoms with Crippen LogP contribution >= 0.6 is 0 Å². The van der Waals surface area contributed by atoms with Gasteiger partial charge < -0.3 is 9.13 Å². The van der Waals surface area contributed by atoms with Crippen LogP contribution in [0.1, 0.15) is 0 Å². The third-order valence-electron chi connectivity index (χ3n) is 10.1. The lowest BCUT2D eigenvalue weighted by Crippen LogP contribution is -1.93. The van der Waals surface area contributed by atoms with E-state index in [0.717, 1.165) is 5.69 Å². The van der Waals surface area contributed by atoms with Gasteiger partial charge in [-0.15, -0.1) is 0 Å². The van der Waals surface area contributed by atoms with E-state index in [-0.39, 0.29) is 0 Å². The first kappa shape index (κ1) is 28.4. The normalized spacial score (nSPS) is 11.6. The van der Waals surface area contributed by atoms with Gasteiger partial charge in [-0.05, 0) is 94.0 Å². The van der Waals surface area contributed by atoms with Gasteiger partial charge in [-0.3, -0.25) is 0 Å². The molecule has 0 amide bonds. The molecule has 0 aliphatic heterocycles. The highest BCUT2D eigenvalue weighted by atomic mass is 15.0. The highest BCUT2D eigenvalue weighted by molar-refractivity contribution is 6.11. The van der Waals surface area contributed by atoms with Crippen LogP contribution in [0.25, 0.3) is 88.4 Å². The van der Waals surface area contributed by atoms with Crippen molar-refractivity contribution in [1.82, 2.24) is 9.13 Å². The Morgan fingerprint density at radius 1 is 0.220 bits per heavy atom. The van der Waals surface area contributed by atoms with Crippen molar-refractivity contribution in [2.45, 2.75) is 0 Å². The molecule has 0 saturated heterocycles. The second kappa shape index (κ2) is 11.5. The highest BCUT2D eigenvalue weighted by Gasteiger charge is 2.15. The molecule has 2 aromatic heterocycles. The number of nitrogens with zero attached hydrogens (tertiary/aromatic N) is 2. The summed E-state index contributed by atoms with van der Waals surface area (Å²) in [5, 5.41) is 5.04. The first-order valence-electron chi connectivity index (χ1n) is 17.2. The van der Waals surface area contributed by atoms with Crippen molar-refractivity contribution in [3.05, 3.63) is 194 Å². The van der Waals surface area contributed by atoms with Crippen LogP contribution < -0.4 is 0 Å². The molecule has 0 N–H and O–H groups in total. The molecule has 0 aliphatic rings. The summed E-state index contributed by atoms with van der Waals surface area (Å²) in [4.78, 5) is 0. The smallest absolute Gasteiger partial charge is 0.0547 e. The molecule has 0 unspecified atom stereocenters. The van der Waals surface area contributed by atoms with Crippen LogP contribution in [0.2, 0.25) is 0 Å². The van der Waals surface area contributed by atoms with Crippen LogP contribution in [0.3, 0.4) is 0 Å². The summed E-state index contributed by atoms with van der Waals surface area (Å²) < 4.78 is 4.78. The molecule has 2 nitrogen and oxygen atoms in total. The van der Waals surface area contributed by atoms with Crippen molar-refractivity contribution in [3.8, 4) is 44.8 Å². The maximum Gasteiger partial charge on any atom is 0.0547 e. The van der Waals surface area contributed by atoms with Gasteiger partial charge in [-0.1, -0.05) is 133 Å². The summed E-state index contributed by atoms with van der Waals surface area (Å²) in [6, 6.07) is 70.4. The van der Waals surface area contributed by atoms with E-state index in [0.29, 0.717) is 0 Å². The summed E-state index contributed by atoms with van der Waals surface area (Å²) >= 11 is 0. The number of fused-ring (bicyclic) bond motifs is 6. The van der Waals surface area contributed by atoms with Crippen LogP contribution in [0.5, 0.6) is 0 Å². The van der Waals surface area contributed by atoms with Crippen LogP contribution in [-0.4, -0.2) is 9.13 Å². The lowest BCUT2D eigenvalue weighted by molar-refractivity contribution is 1.18. The quantitative estimate of drug-likeness (QED) is 0.178. The molecular formula is C48H32N2. The van der Waals surface area contributed by atoms with E-state index in [1.807, 2.05) is 0 Å². The SMILES string of the molecule is c1ccc(-c2ccc(-n3c4ccccc4c4cc(-c5cccc(-c6ccc7c8ccccc8n(-c8ccccc8)c7c6)c5)ccc43)cc2)cc1. The summed E-state index contributed by atoms with van der Waals surface area (Å²) in [6.45, 7) is 0. The summed E-state index contributed by atoms with van der Waals surface area (Å²) in [5.41, 5.74) is 14.5. The van der Waals surface area contributed by atoms with E-state index in [4.69, 9.17) is 0 Å². The number of hydrogen-bond donors (Lipinski definition) is 0. The number of hydrogen-bond acceptors (Lipinski definition) is 0. The maximum atomic E-state index is 2.39. The monoisotopic (exact) mass is 636 g/mol. The van der Waals surface area contributed by atoms with Crippen molar-refractivity contribution in [2.24, 2.45) is 0 Å². The van der Waals surface area contributed by atoms with Gasteiger partial charge in [-0.25, -0.2) is 0 Å². The molecule has 10 aromatic rings. The summed E-state index contributed by atoms with van der Waals surface area (Å²) in [7, 11) is 0. The predicted octanol–water partition coefficient (Wildman–Crippen LogP) is 12.9. The van der Waals surface area contributed by atoms with E-state index in [9.17, 15) is 0 Å². The van der Waals surface area contributed by atoms with Crippen molar-refractivity contribution < 1.29 is 0 Å². The fourth-order valence-corrected chi connectivity index (χ4v) is 7.75. The molecule has 0 radical (unpaired) electrons. The first-order chi connectivity index (χ1) is 24.8. The van der Waals surface area contributed by atoms with Crippen LogP contribution in [-0.2, 0) is 0 Å². The van der Waals surface area contributed by atoms with Crippen molar-refractivity contribution in [2.75, 3.05) is 0 Å². The lowest BCUT2D eigenvalue weighted by Gasteiger charge is -2.11. The van der Waals surface area contributed by atoms with Gasteiger partial charge >= 0.3 is 0 Å². The first-order valence-corrected chi connectivity index (χ1v) is 17.2. The molecule has 0 atom stereocenters. The van der Waals surface area contributed by atoms with Crippen LogP contribution in [0.15, 0.2) is 194 Å². The minimum Gasteiger partial charge on any atom is -0.309 e. The van der Waals surface area contributed by atoms with E-state index >= 15 is 0 Å².